The van der Waals surface area contributed by atoms with Crippen molar-refractivity contribution < 1.29 is 15.0 Å². The lowest BCUT2D eigenvalue weighted by Gasteiger charge is -2.31. The van der Waals surface area contributed by atoms with Gasteiger partial charge in [0.05, 0.1) is 12.2 Å². The van der Waals surface area contributed by atoms with Crippen molar-refractivity contribution in [3.63, 3.8) is 0 Å². The van der Waals surface area contributed by atoms with Gasteiger partial charge in [-0.1, -0.05) is 19.3 Å². The summed E-state index contributed by atoms with van der Waals surface area (Å²) in [5, 5.41) is 21.6. The normalized spacial score (nSPS) is 18.3. The molecule has 6 nitrogen and oxygen atoms in total. The van der Waals surface area contributed by atoms with Gasteiger partial charge >= 0.3 is 0 Å². The summed E-state index contributed by atoms with van der Waals surface area (Å²) in [6.07, 6.45) is 7.83. The van der Waals surface area contributed by atoms with Crippen LogP contribution >= 0.6 is 0 Å². The zero-order valence-corrected chi connectivity index (χ0v) is 10.7. The van der Waals surface area contributed by atoms with Crippen LogP contribution in [-0.2, 0) is 0 Å². The van der Waals surface area contributed by atoms with E-state index in [2.05, 4.69) is 15.3 Å². The van der Waals surface area contributed by atoms with Gasteiger partial charge in [0.15, 0.2) is 6.29 Å². The fraction of sp³-hybridized carbons (Fsp3) is 0.615. The summed E-state index contributed by atoms with van der Waals surface area (Å²) < 4.78 is 0. The summed E-state index contributed by atoms with van der Waals surface area (Å²) in [7, 11) is 0. The Labute approximate surface area is 111 Å². The summed E-state index contributed by atoms with van der Waals surface area (Å²) in [5.74, 6) is -0.314. The summed E-state index contributed by atoms with van der Waals surface area (Å²) in [5.41, 5.74) is 0.184. The molecule has 3 N–H and O–H groups in total. The number of hydrogen-bond donors (Lipinski definition) is 3. The molecule has 0 bridgehead atoms. The average Bonchev–Trinajstić information content (AvgIpc) is 2.46. The maximum Gasteiger partial charge on any atom is 0.271 e. The smallest absolute Gasteiger partial charge is 0.271 e. The van der Waals surface area contributed by atoms with Crippen LogP contribution in [0.2, 0.25) is 0 Å². The Kier molecular flexibility index (Phi) is 4.81. The van der Waals surface area contributed by atoms with Crippen LogP contribution in [-0.4, -0.2) is 38.4 Å². The highest BCUT2D eigenvalue weighted by Gasteiger charge is 2.30. The molecule has 0 aliphatic heterocycles. The molecule has 19 heavy (non-hydrogen) atoms. The Morgan fingerprint density at radius 1 is 1.26 bits per heavy atom. The molecule has 1 aromatic rings. The Hall–Kier alpha value is -1.53. The van der Waals surface area contributed by atoms with E-state index in [0.717, 1.165) is 25.7 Å². The standard InChI is InChI=1S/C13H19N3O3/c17-12(10-8-14-6-7-15-10)16-11(13(18)19)9-4-2-1-3-5-9/h6-9,11,13,18-19H,1-5H2,(H,16,17)/t11-/m0/s1. The molecule has 1 aliphatic carbocycles. The molecule has 1 saturated carbocycles. The van der Waals surface area contributed by atoms with Gasteiger partial charge in [-0.05, 0) is 18.8 Å². The zero-order valence-electron chi connectivity index (χ0n) is 10.7. The molecule has 104 valence electrons. The monoisotopic (exact) mass is 265 g/mol. The summed E-state index contributed by atoms with van der Waals surface area (Å²) in [6.45, 7) is 0. The molecule has 1 aliphatic rings. The molecule has 2 rings (SSSR count). The number of aromatic nitrogens is 2. The zero-order chi connectivity index (χ0) is 13.7. The van der Waals surface area contributed by atoms with Crippen LogP contribution in [0.25, 0.3) is 0 Å². The van der Waals surface area contributed by atoms with Crippen LogP contribution in [0.1, 0.15) is 42.6 Å². The van der Waals surface area contributed by atoms with E-state index in [0.29, 0.717) is 0 Å². The lowest BCUT2D eigenvalue weighted by molar-refractivity contribution is -0.0819. The highest BCUT2D eigenvalue weighted by atomic mass is 16.5. The number of hydrogen-bond acceptors (Lipinski definition) is 5. The number of amides is 1. The summed E-state index contributed by atoms with van der Waals surface area (Å²) in [6, 6.07) is -0.644. The van der Waals surface area contributed by atoms with Gasteiger partial charge in [0.25, 0.3) is 5.91 Å². The van der Waals surface area contributed by atoms with E-state index in [1.807, 2.05) is 0 Å². The van der Waals surface area contributed by atoms with Gasteiger partial charge < -0.3 is 15.5 Å². The van der Waals surface area contributed by atoms with Crippen molar-refractivity contribution in [3.8, 4) is 0 Å². The quantitative estimate of drug-likeness (QED) is 0.688. The molecule has 0 aromatic carbocycles. The van der Waals surface area contributed by atoms with E-state index in [1.165, 1.54) is 25.0 Å². The Balaban J connectivity index is 2.02. The molecule has 0 unspecified atom stereocenters. The molecular weight excluding hydrogens is 246 g/mol. The van der Waals surface area contributed by atoms with Crippen molar-refractivity contribution in [1.82, 2.24) is 15.3 Å². The maximum absolute atomic E-state index is 12.0. The van der Waals surface area contributed by atoms with Gasteiger partial charge in [-0.2, -0.15) is 0 Å². The highest BCUT2D eigenvalue weighted by molar-refractivity contribution is 5.92. The number of nitrogens with zero attached hydrogens (tertiary/aromatic N) is 2. The third-order valence-corrected chi connectivity index (χ3v) is 3.57. The van der Waals surface area contributed by atoms with Gasteiger partial charge in [-0.25, -0.2) is 4.98 Å². The first-order chi connectivity index (χ1) is 9.18. The minimum absolute atomic E-state index is 0.106. The summed E-state index contributed by atoms with van der Waals surface area (Å²) in [4.78, 5) is 19.7. The second-order valence-corrected chi connectivity index (χ2v) is 4.90. The molecule has 0 saturated heterocycles. The topological polar surface area (TPSA) is 95.3 Å². The largest absolute Gasteiger partial charge is 0.366 e. The fourth-order valence-electron chi connectivity index (χ4n) is 2.57. The fourth-order valence-corrected chi connectivity index (χ4v) is 2.57. The number of nitrogens with one attached hydrogen (secondary N) is 1. The number of carbonyl (C=O) groups excluding carboxylic acids is 1. The molecular formula is C13H19N3O3. The molecule has 1 amide bonds. The summed E-state index contributed by atoms with van der Waals surface area (Å²) >= 11 is 0. The third kappa shape index (κ3) is 3.71. The lowest BCUT2D eigenvalue weighted by atomic mass is 9.83. The molecule has 1 fully saturated rings. The van der Waals surface area contributed by atoms with Crippen molar-refractivity contribution in [2.24, 2.45) is 5.92 Å². The third-order valence-electron chi connectivity index (χ3n) is 3.57. The number of carbonyl (C=O) groups is 1. The van der Waals surface area contributed by atoms with Crippen molar-refractivity contribution in [1.29, 1.82) is 0 Å². The van der Waals surface area contributed by atoms with E-state index in [-0.39, 0.29) is 11.6 Å². The Morgan fingerprint density at radius 3 is 2.58 bits per heavy atom. The lowest BCUT2D eigenvalue weighted by Crippen LogP contribution is -2.48. The van der Waals surface area contributed by atoms with E-state index in [1.54, 1.807) is 0 Å². The van der Waals surface area contributed by atoms with Crippen LogP contribution in [0, 0.1) is 5.92 Å². The maximum atomic E-state index is 12.0. The predicted octanol–water partition coefficient (Wildman–Crippen LogP) is 0.466. The molecule has 0 radical (unpaired) electrons. The van der Waals surface area contributed by atoms with E-state index in [4.69, 9.17) is 0 Å². The number of aliphatic hydroxyl groups excluding tert-OH is 1. The Bertz CT molecular complexity index is 405. The first kappa shape index (κ1) is 13.9. The number of aliphatic hydroxyl groups is 2. The predicted molar refractivity (Wildman–Crippen MR) is 68.1 cm³/mol. The van der Waals surface area contributed by atoms with Gasteiger partial charge in [0.2, 0.25) is 0 Å². The molecule has 0 spiro atoms. The first-order valence-electron chi connectivity index (χ1n) is 6.61. The van der Waals surface area contributed by atoms with Crippen LogP contribution in [0.15, 0.2) is 18.6 Å². The van der Waals surface area contributed by atoms with Gasteiger partial charge in [0, 0.05) is 12.4 Å². The van der Waals surface area contributed by atoms with Gasteiger partial charge in [-0.15, -0.1) is 0 Å². The minimum atomic E-state index is -1.55. The molecule has 1 heterocycles. The van der Waals surface area contributed by atoms with E-state index in [9.17, 15) is 15.0 Å². The molecule has 1 aromatic heterocycles. The van der Waals surface area contributed by atoms with Crippen LogP contribution < -0.4 is 5.32 Å². The van der Waals surface area contributed by atoms with Crippen LogP contribution in [0.3, 0.4) is 0 Å². The molecule has 1 atom stereocenters. The van der Waals surface area contributed by atoms with Crippen molar-refractivity contribution in [2.45, 2.75) is 44.4 Å². The van der Waals surface area contributed by atoms with Crippen LogP contribution in [0.5, 0.6) is 0 Å². The average molecular weight is 265 g/mol. The number of rotatable bonds is 4. The second-order valence-electron chi connectivity index (χ2n) is 4.90. The minimum Gasteiger partial charge on any atom is -0.366 e. The Morgan fingerprint density at radius 2 is 2.00 bits per heavy atom. The SMILES string of the molecule is O=C(N[C@H](C(O)O)C1CCCCC1)c1cnccn1. The van der Waals surface area contributed by atoms with Gasteiger partial charge in [-0.3, -0.25) is 9.78 Å². The van der Waals surface area contributed by atoms with Gasteiger partial charge in [0.1, 0.15) is 5.69 Å². The van der Waals surface area contributed by atoms with E-state index < -0.39 is 18.2 Å². The molecule has 6 heteroatoms. The van der Waals surface area contributed by atoms with Crippen molar-refractivity contribution in [2.75, 3.05) is 0 Å². The second kappa shape index (κ2) is 6.58. The van der Waals surface area contributed by atoms with Crippen molar-refractivity contribution in [3.05, 3.63) is 24.3 Å². The first-order valence-corrected chi connectivity index (χ1v) is 6.61. The van der Waals surface area contributed by atoms with Crippen LogP contribution in [0.4, 0.5) is 0 Å². The van der Waals surface area contributed by atoms with E-state index >= 15 is 0 Å². The van der Waals surface area contributed by atoms with Crippen molar-refractivity contribution >= 4 is 5.91 Å². The highest BCUT2D eigenvalue weighted by Crippen LogP contribution is 2.27.